The summed E-state index contributed by atoms with van der Waals surface area (Å²) in [4.78, 5) is 8.73. The number of aryl methyl sites for hydroxylation is 2. The smallest absolute Gasteiger partial charge is 0.139 e. The number of nitrogens with zero attached hydrogens (tertiary/aromatic N) is 3. The molecule has 2 aromatic rings. The molecule has 3 rings (SSSR count). The van der Waals surface area contributed by atoms with E-state index in [4.69, 9.17) is 4.74 Å². The zero-order chi connectivity index (χ0) is 14.8. The SMILES string of the molecule is Cc1ccc(O)c(CN[C@H]2CCO[C@@H]2c2nccn2C)n1. The van der Waals surface area contributed by atoms with Crippen molar-refractivity contribution in [3.8, 4) is 5.75 Å². The van der Waals surface area contributed by atoms with Crippen molar-refractivity contribution in [2.45, 2.75) is 32.0 Å². The van der Waals surface area contributed by atoms with Crippen molar-refractivity contribution in [1.82, 2.24) is 19.9 Å². The topological polar surface area (TPSA) is 72.2 Å². The fourth-order valence-electron chi connectivity index (χ4n) is 2.67. The molecule has 2 aromatic heterocycles. The average molecular weight is 288 g/mol. The number of hydrogen-bond acceptors (Lipinski definition) is 5. The lowest BCUT2D eigenvalue weighted by atomic mass is 10.1. The first-order valence-electron chi connectivity index (χ1n) is 7.13. The lowest BCUT2D eigenvalue weighted by Gasteiger charge is -2.19. The molecule has 0 spiro atoms. The van der Waals surface area contributed by atoms with Gasteiger partial charge in [0.2, 0.25) is 0 Å². The standard InChI is InChI=1S/C15H20N4O2/c1-10-3-4-13(20)12(18-10)9-17-11-5-8-21-14(11)15-16-6-7-19(15)2/h3-4,6-7,11,14,17,20H,5,8-9H2,1-2H3/t11-,14-/m0/s1. The van der Waals surface area contributed by atoms with Crippen molar-refractivity contribution in [3.63, 3.8) is 0 Å². The van der Waals surface area contributed by atoms with Crippen LogP contribution in [0.1, 0.15) is 29.7 Å². The largest absolute Gasteiger partial charge is 0.506 e. The van der Waals surface area contributed by atoms with Gasteiger partial charge in [0.05, 0.1) is 5.69 Å². The second-order valence-electron chi connectivity index (χ2n) is 5.38. The first kappa shape index (κ1) is 14.0. The maximum Gasteiger partial charge on any atom is 0.139 e. The molecule has 21 heavy (non-hydrogen) atoms. The molecular weight excluding hydrogens is 268 g/mol. The van der Waals surface area contributed by atoms with Crippen molar-refractivity contribution in [1.29, 1.82) is 0 Å². The van der Waals surface area contributed by atoms with Gasteiger partial charge >= 0.3 is 0 Å². The van der Waals surface area contributed by atoms with Crippen molar-refractivity contribution < 1.29 is 9.84 Å². The van der Waals surface area contributed by atoms with Gasteiger partial charge in [0.1, 0.15) is 17.7 Å². The van der Waals surface area contributed by atoms with Crippen molar-refractivity contribution in [2.24, 2.45) is 7.05 Å². The molecule has 2 atom stereocenters. The Morgan fingerprint density at radius 3 is 3.10 bits per heavy atom. The number of rotatable bonds is 4. The minimum Gasteiger partial charge on any atom is -0.506 e. The van der Waals surface area contributed by atoms with Gasteiger partial charge in [-0.05, 0) is 25.5 Å². The molecule has 2 N–H and O–H groups in total. The van der Waals surface area contributed by atoms with Gasteiger partial charge in [-0.15, -0.1) is 0 Å². The highest BCUT2D eigenvalue weighted by Gasteiger charge is 2.32. The number of aromatic hydroxyl groups is 1. The number of nitrogens with one attached hydrogen (secondary N) is 1. The Kier molecular flexibility index (Phi) is 3.90. The summed E-state index contributed by atoms with van der Waals surface area (Å²) >= 11 is 0. The van der Waals surface area contributed by atoms with Crippen LogP contribution in [0, 0.1) is 6.92 Å². The van der Waals surface area contributed by atoms with E-state index in [-0.39, 0.29) is 17.9 Å². The number of imidazole rings is 1. The third-order valence-electron chi connectivity index (χ3n) is 3.83. The molecule has 112 valence electrons. The highest BCUT2D eigenvalue weighted by Crippen LogP contribution is 2.28. The predicted molar refractivity (Wildman–Crippen MR) is 77.8 cm³/mol. The van der Waals surface area contributed by atoms with Gasteiger partial charge in [-0.25, -0.2) is 4.98 Å². The Balaban J connectivity index is 1.70. The average Bonchev–Trinajstić information content (AvgIpc) is 3.08. The Hall–Kier alpha value is -1.92. The van der Waals surface area contributed by atoms with Gasteiger partial charge in [0, 0.05) is 44.3 Å². The lowest BCUT2D eigenvalue weighted by molar-refractivity contribution is 0.0892. The number of aromatic nitrogens is 3. The van der Waals surface area contributed by atoms with Gasteiger partial charge in [0.25, 0.3) is 0 Å². The van der Waals surface area contributed by atoms with E-state index in [1.807, 2.05) is 24.7 Å². The fraction of sp³-hybridized carbons (Fsp3) is 0.467. The zero-order valence-corrected chi connectivity index (χ0v) is 12.3. The molecule has 1 aliphatic heterocycles. The summed E-state index contributed by atoms with van der Waals surface area (Å²) in [6, 6.07) is 3.65. The molecular formula is C15H20N4O2. The highest BCUT2D eigenvalue weighted by atomic mass is 16.5. The normalized spacial score (nSPS) is 21.8. The van der Waals surface area contributed by atoms with Crippen LogP contribution in [0.3, 0.4) is 0 Å². The molecule has 1 saturated heterocycles. The van der Waals surface area contributed by atoms with Crippen LogP contribution < -0.4 is 5.32 Å². The Bertz CT molecular complexity index is 626. The molecule has 0 unspecified atom stereocenters. The highest BCUT2D eigenvalue weighted by molar-refractivity contribution is 5.27. The Morgan fingerprint density at radius 1 is 1.48 bits per heavy atom. The van der Waals surface area contributed by atoms with Crippen LogP contribution in [0.25, 0.3) is 0 Å². The van der Waals surface area contributed by atoms with E-state index in [0.29, 0.717) is 18.8 Å². The van der Waals surface area contributed by atoms with E-state index >= 15 is 0 Å². The number of ether oxygens (including phenoxy) is 1. The second-order valence-corrected chi connectivity index (χ2v) is 5.38. The zero-order valence-electron chi connectivity index (χ0n) is 12.3. The molecule has 6 nitrogen and oxygen atoms in total. The lowest BCUT2D eigenvalue weighted by Crippen LogP contribution is -2.32. The summed E-state index contributed by atoms with van der Waals surface area (Å²) < 4.78 is 7.78. The summed E-state index contributed by atoms with van der Waals surface area (Å²) in [5.74, 6) is 1.15. The van der Waals surface area contributed by atoms with Gasteiger partial charge in [-0.2, -0.15) is 0 Å². The van der Waals surface area contributed by atoms with E-state index in [1.54, 1.807) is 18.3 Å². The third kappa shape index (κ3) is 2.91. The summed E-state index contributed by atoms with van der Waals surface area (Å²) in [6.45, 7) is 3.14. The summed E-state index contributed by atoms with van der Waals surface area (Å²) in [5, 5.41) is 13.3. The minimum absolute atomic E-state index is 0.0584. The van der Waals surface area contributed by atoms with E-state index in [9.17, 15) is 5.11 Å². The van der Waals surface area contributed by atoms with Gasteiger partial charge in [0.15, 0.2) is 0 Å². The second kappa shape index (κ2) is 5.83. The number of pyridine rings is 1. The molecule has 0 bridgehead atoms. The summed E-state index contributed by atoms with van der Waals surface area (Å²) in [7, 11) is 1.97. The summed E-state index contributed by atoms with van der Waals surface area (Å²) in [5.41, 5.74) is 1.56. The predicted octanol–water partition coefficient (Wildman–Crippen LogP) is 1.45. The molecule has 0 saturated carbocycles. The first-order chi connectivity index (χ1) is 10.1. The number of hydrogen-bond donors (Lipinski definition) is 2. The molecule has 0 amide bonds. The van der Waals surface area contributed by atoms with Crippen LogP contribution in [-0.2, 0) is 18.3 Å². The molecule has 0 aromatic carbocycles. The molecule has 3 heterocycles. The van der Waals surface area contributed by atoms with Crippen LogP contribution in [-0.4, -0.2) is 32.3 Å². The Labute approximate surface area is 123 Å². The molecule has 6 heteroatoms. The van der Waals surface area contributed by atoms with E-state index in [1.165, 1.54) is 0 Å². The summed E-state index contributed by atoms with van der Waals surface area (Å²) in [6.07, 6.45) is 4.56. The van der Waals surface area contributed by atoms with Crippen LogP contribution in [0.4, 0.5) is 0 Å². The molecule has 1 aliphatic rings. The van der Waals surface area contributed by atoms with E-state index < -0.39 is 0 Å². The van der Waals surface area contributed by atoms with Crippen molar-refractivity contribution >= 4 is 0 Å². The first-order valence-corrected chi connectivity index (χ1v) is 7.13. The maximum atomic E-state index is 9.85. The Morgan fingerprint density at radius 2 is 2.33 bits per heavy atom. The van der Waals surface area contributed by atoms with Crippen molar-refractivity contribution in [3.05, 3.63) is 41.7 Å². The van der Waals surface area contributed by atoms with E-state index in [0.717, 1.165) is 17.9 Å². The van der Waals surface area contributed by atoms with Crippen LogP contribution in [0.2, 0.25) is 0 Å². The van der Waals surface area contributed by atoms with Gasteiger partial charge in [-0.3, -0.25) is 4.98 Å². The van der Waals surface area contributed by atoms with Crippen LogP contribution >= 0.6 is 0 Å². The van der Waals surface area contributed by atoms with Crippen molar-refractivity contribution in [2.75, 3.05) is 6.61 Å². The monoisotopic (exact) mass is 288 g/mol. The van der Waals surface area contributed by atoms with Crippen LogP contribution in [0.15, 0.2) is 24.5 Å². The molecule has 0 aliphatic carbocycles. The fourth-order valence-corrected chi connectivity index (χ4v) is 2.67. The third-order valence-corrected chi connectivity index (χ3v) is 3.83. The minimum atomic E-state index is -0.0584. The van der Waals surface area contributed by atoms with Gasteiger partial charge in [-0.1, -0.05) is 0 Å². The van der Waals surface area contributed by atoms with E-state index in [2.05, 4.69) is 15.3 Å². The quantitative estimate of drug-likeness (QED) is 0.891. The van der Waals surface area contributed by atoms with Gasteiger partial charge < -0.3 is 19.7 Å². The maximum absolute atomic E-state index is 9.85. The molecule has 1 fully saturated rings. The molecule has 0 radical (unpaired) electrons. The van der Waals surface area contributed by atoms with Crippen LogP contribution in [0.5, 0.6) is 5.75 Å².